The minimum atomic E-state index is -0.398. The quantitative estimate of drug-likeness (QED) is 0.655. The summed E-state index contributed by atoms with van der Waals surface area (Å²) >= 11 is 0.869. The Morgan fingerprint density at radius 2 is 1.85 bits per heavy atom. The number of hydrogen-bond acceptors (Lipinski definition) is 9. The first kappa shape index (κ1) is 22.6. The fourth-order valence-corrected chi connectivity index (χ4v) is 4.08. The summed E-state index contributed by atoms with van der Waals surface area (Å²) in [7, 11) is 1.37. The van der Waals surface area contributed by atoms with Crippen molar-refractivity contribution in [2.45, 2.75) is 25.9 Å². The predicted molar refractivity (Wildman–Crippen MR) is 120 cm³/mol. The zero-order valence-corrected chi connectivity index (χ0v) is 18.9. The Hall–Kier alpha value is -3.60. The third-order valence-electron chi connectivity index (χ3n) is 5.18. The number of carbonyl (C=O) groups excluding carboxylic acids is 3. The molecule has 0 spiro atoms. The second kappa shape index (κ2) is 9.90. The average Bonchev–Trinajstić information content (AvgIpc) is 3.14. The number of nitrogens with zero attached hydrogens (tertiary/aromatic N) is 3. The number of ether oxygens (including phenoxy) is 3. The molecule has 1 N–H and O–H groups in total. The molecular formula is C22H22N4O6S. The predicted octanol–water partition coefficient (Wildman–Crippen LogP) is 3.51. The van der Waals surface area contributed by atoms with Crippen LogP contribution in [-0.2, 0) is 9.53 Å². The van der Waals surface area contributed by atoms with Gasteiger partial charge in [-0.2, -0.15) is 0 Å². The molecule has 3 heterocycles. The van der Waals surface area contributed by atoms with E-state index < -0.39 is 5.91 Å². The Bertz CT molecular complexity index is 1100. The molecular weight excluding hydrogens is 448 g/mol. The van der Waals surface area contributed by atoms with Crippen LogP contribution in [0.2, 0.25) is 0 Å². The third kappa shape index (κ3) is 5.43. The van der Waals surface area contributed by atoms with E-state index in [-0.39, 0.29) is 17.4 Å². The van der Waals surface area contributed by atoms with Crippen molar-refractivity contribution < 1.29 is 28.6 Å². The Labute approximate surface area is 194 Å². The van der Waals surface area contributed by atoms with Crippen molar-refractivity contribution in [2.24, 2.45) is 0 Å². The van der Waals surface area contributed by atoms with Gasteiger partial charge in [-0.05, 0) is 42.5 Å². The number of likely N-dealkylation sites (tertiary alicyclic amines) is 1. The highest BCUT2D eigenvalue weighted by molar-refractivity contribution is 8.18. The van der Waals surface area contributed by atoms with Crippen LogP contribution in [0.1, 0.15) is 24.0 Å². The van der Waals surface area contributed by atoms with Crippen LogP contribution in [0.25, 0.3) is 6.08 Å². The lowest BCUT2D eigenvalue weighted by atomic mass is 10.1. The number of carbonyl (C=O) groups is 3. The fraction of sp³-hybridized carbons (Fsp3) is 0.318. The summed E-state index contributed by atoms with van der Waals surface area (Å²) in [6.45, 7) is 2.93. The standard InChI is InChI=1S/C22H22N4O6S/c1-13-19(23-12-24-20(13)32-16-7-9-26(10-8-16)22(29)30-2)31-15-5-3-14(4-6-15)11-17-18(27)25-21(28)33-17/h3-6,11-12,16H,7-10H2,1-2H3,(H,25,27,28). The van der Waals surface area contributed by atoms with Gasteiger partial charge >= 0.3 is 6.09 Å². The molecule has 0 bridgehead atoms. The highest BCUT2D eigenvalue weighted by Crippen LogP contribution is 2.30. The van der Waals surface area contributed by atoms with Gasteiger partial charge in [0.1, 0.15) is 18.2 Å². The lowest BCUT2D eigenvalue weighted by molar-refractivity contribution is -0.115. The molecule has 0 unspecified atom stereocenters. The van der Waals surface area contributed by atoms with Gasteiger partial charge in [0, 0.05) is 25.9 Å². The summed E-state index contributed by atoms with van der Waals surface area (Å²) < 4.78 is 16.7. The summed E-state index contributed by atoms with van der Waals surface area (Å²) in [5.74, 6) is 0.961. The Kier molecular flexibility index (Phi) is 6.78. The van der Waals surface area contributed by atoms with Crippen LogP contribution < -0.4 is 14.8 Å². The van der Waals surface area contributed by atoms with Crippen molar-refractivity contribution in [1.29, 1.82) is 0 Å². The molecule has 2 aromatic rings. The Balaban J connectivity index is 1.39. The highest BCUT2D eigenvalue weighted by atomic mass is 32.2. The van der Waals surface area contributed by atoms with Crippen LogP contribution in [0.4, 0.5) is 9.59 Å². The van der Waals surface area contributed by atoms with Crippen LogP contribution in [0.15, 0.2) is 35.5 Å². The van der Waals surface area contributed by atoms with Crippen LogP contribution in [0.5, 0.6) is 17.5 Å². The van der Waals surface area contributed by atoms with Crippen LogP contribution >= 0.6 is 11.8 Å². The molecule has 1 aromatic carbocycles. The molecule has 3 amide bonds. The van der Waals surface area contributed by atoms with Crippen molar-refractivity contribution in [3.05, 3.63) is 46.6 Å². The number of nitrogens with one attached hydrogen (secondary N) is 1. The largest absolute Gasteiger partial charge is 0.474 e. The number of rotatable bonds is 5. The van der Waals surface area contributed by atoms with Gasteiger partial charge in [-0.3, -0.25) is 14.9 Å². The number of imide groups is 1. The first-order valence-corrected chi connectivity index (χ1v) is 11.1. The molecule has 2 fully saturated rings. The Morgan fingerprint density at radius 1 is 1.15 bits per heavy atom. The van der Waals surface area contributed by atoms with Gasteiger partial charge in [0.05, 0.1) is 17.6 Å². The maximum atomic E-state index is 11.7. The minimum Gasteiger partial charge on any atom is -0.474 e. The molecule has 0 radical (unpaired) electrons. The topological polar surface area (TPSA) is 120 Å². The van der Waals surface area contributed by atoms with Crippen molar-refractivity contribution in [2.75, 3.05) is 20.2 Å². The zero-order valence-electron chi connectivity index (χ0n) is 18.1. The van der Waals surface area contributed by atoms with Crippen molar-refractivity contribution in [3.8, 4) is 17.5 Å². The van der Waals surface area contributed by atoms with E-state index in [4.69, 9.17) is 14.2 Å². The molecule has 0 saturated carbocycles. The van der Waals surface area contributed by atoms with E-state index in [2.05, 4.69) is 15.3 Å². The van der Waals surface area contributed by atoms with E-state index in [1.54, 1.807) is 35.2 Å². The van der Waals surface area contributed by atoms with E-state index in [0.29, 0.717) is 53.9 Å². The number of methoxy groups -OCH3 is 1. The molecule has 33 heavy (non-hydrogen) atoms. The van der Waals surface area contributed by atoms with Crippen LogP contribution in [0, 0.1) is 6.92 Å². The maximum absolute atomic E-state index is 11.7. The summed E-state index contributed by atoms with van der Waals surface area (Å²) in [5, 5.41) is 1.85. The molecule has 1 aromatic heterocycles. The number of thioether (sulfide) groups is 1. The molecule has 0 aliphatic carbocycles. The van der Waals surface area contributed by atoms with Crippen molar-refractivity contribution >= 4 is 35.1 Å². The number of benzene rings is 1. The Morgan fingerprint density at radius 3 is 2.48 bits per heavy atom. The van der Waals surface area contributed by atoms with E-state index in [0.717, 1.165) is 17.3 Å². The molecule has 2 saturated heterocycles. The normalized spacial score (nSPS) is 17.8. The van der Waals surface area contributed by atoms with Gasteiger partial charge < -0.3 is 19.1 Å². The molecule has 0 atom stereocenters. The summed E-state index contributed by atoms with van der Waals surface area (Å²) in [6, 6.07) is 7.05. The number of amides is 3. The van der Waals surface area contributed by atoms with Gasteiger partial charge in [-0.1, -0.05) is 12.1 Å². The third-order valence-corrected chi connectivity index (χ3v) is 5.99. The van der Waals surface area contributed by atoms with Crippen LogP contribution in [-0.4, -0.2) is 58.4 Å². The van der Waals surface area contributed by atoms with Gasteiger partial charge in [0.25, 0.3) is 11.1 Å². The summed E-state index contributed by atoms with van der Waals surface area (Å²) in [6.07, 6.45) is 3.97. The molecule has 11 heteroatoms. The number of hydrogen-bond donors (Lipinski definition) is 1. The fourth-order valence-electron chi connectivity index (χ4n) is 3.40. The SMILES string of the molecule is COC(=O)N1CCC(Oc2ncnc(Oc3ccc(C=C4SC(=O)NC4=O)cc3)c2C)CC1. The van der Waals surface area contributed by atoms with Gasteiger partial charge in [-0.15, -0.1) is 0 Å². The summed E-state index contributed by atoms with van der Waals surface area (Å²) in [5.41, 5.74) is 1.42. The zero-order chi connectivity index (χ0) is 23.4. The lowest BCUT2D eigenvalue weighted by Crippen LogP contribution is -2.41. The minimum absolute atomic E-state index is 0.0720. The second-order valence-corrected chi connectivity index (χ2v) is 8.42. The molecule has 2 aliphatic heterocycles. The first-order valence-electron chi connectivity index (χ1n) is 10.3. The van der Waals surface area contributed by atoms with E-state index in [1.165, 1.54) is 13.4 Å². The van der Waals surface area contributed by atoms with Crippen molar-refractivity contribution in [3.63, 3.8) is 0 Å². The molecule has 172 valence electrons. The van der Waals surface area contributed by atoms with E-state index in [9.17, 15) is 14.4 Å². The van der Waals surface area contributed by atoms with Crippen LogP contribution in [0.3, 0.4) is 0 Å². The smallest absolute Gasteiger partial charge is 0.409 e. The number of aromatic nitrogens is 2. The van der Waals surface area contributed by atoms with Gasteiger partial charge in [-0.25, -0.2) is 14.8 Å². The molecule has 2 aliphatic rings. The van der Waals surface area contributed by atoms with E-state index in [1.807, 2.05) is 6.92 Å². The molecule has 4 rings (SSSR count). The maximum Gasteiger partial charge on any atom is 0.409 e. The van der Waals surface area contributed by atoms with Gasteiger partial charge in [0.15, 0.2) is 0 Å². The first-order chi connectivity index (χ1) is 15.9. The molecule has 10 nitrogen and oxygen atoms in total. The second-order valence-electron chi connectivity index (χ2n) is 7.41. The number of piperidine rings is 1. The lowest BCUT2D eigenvalue weighted by Gasteiger charge is -2.31. The monoisotopic (exact) mass is 470 g/mol. The summed E-state index contributed by atoms with van der Waals surface area (Å²) in [4.78, 5) is 45.0. The average molecular weight is 471 g/mol. The van der Waals surface area contributed by atoms with Crippen molar-refractivity contribution in [1.82, 2.24) is 20.2 Å². The van der Waals surface area contributed by atoms with Gasteiger partial charge in [0.2, 0.25) is 11.8 Å². The van der Waals surface area contributed by atoms with E-state index >= 15 is 0 Å². The highest BCUT2D eigenvalue weighted by Gasteiger charge is 2.26.